The monoisotopic (exact) mass is 314 g/mol. The van der Waals surface area contributed by atoms with Gasteiger partial charge in [-0.15, -0.1) is 11.3 Å². The highest BCUT2D eigenvalue weighted by atomic mass is 35.5. The molecule has 1 N–H and O–H groups in total. The Bertz CT molecular complexity index is 503. The number of hydrogen-bond donors (Lipinski definition) is 1. The van der Waals surface area contributed by atoms with Crippen molar-refractivity contribution in [3.8, 4) is 0 Å². The van der Waals surface area contributed by atoms with E-state index in [0.29, 0.717) is 25.4 Å². The van der Waals surface area contributed by atoms with E-state index in [1.165, 1.54) is 11.3 Å². The normalized spacial score (nSPS) is 20.6. The fraction of sp³-hybridized carbons (Fsp3) is 0.571. The summed E-state index contributed by atoms with van der Waals surface area (Å²) in [6.45, 7) is 3.04. The van der Waals surface area contributed by atoms with Gasteiger partial charge < -0.3 is 10.2 Å². The summed E-state index contributed by atoms with van der Waals surface area (Å²) in [5, 5.41) is 2.82. The fourth-order valence-electron chi connectivity index (χ4n) is 2.06. The number of thiophene rings is 1. The zero-order valence-electron chi connectivity index (χ0n) is 11.7. The zero-order chi connectivity index (χ0) is 14.7. The molecule has 2 amide bonds. The first-order chi connectivity index (χ1) is 9.47. The smallest absolute Gasteiger partial charge is 0.224 e. The predicted molar refractivity (Wildman–Crippen MR) is 80.7 cm³/mol. The van der Waals surface area contributed by atoms with Crippen molar-refractivity contribution >= 4 is 34.8 Å². The minimum Gasteiger partial charge on any atom is -0.355 e. The summed E-state index contributed by atoms with van der Waals surface area (Å²) < 4.78 is 0.728. The van der Waals surface area contributed by atoms with Crippen LogP contribution in [0.4, 0.5) is 0 Å². The maximum absolute atomic E-state index is 11.9. The van der Waals surface area contributed by atoms with Crippen molar-refractivity contribution in [3.63, 3.8) is 0 Å². The van der Waals surface area contributed by atoms with Crippen molar-refractivity contribution in [3.05, 3.63) is 21.3 Å². The molecule has 1 aliphatic rings. The third-order valence-electron chi connectivity index (χ3n) is 3.53. The van der Waals surface area contributed by atoms with Crippen LogP contribution in [0.1, 0.15) is 24.6 Å². The molecule has 1 saturated carbocycles. The van der Waals surface area contributed by atoms with E-state index >= 15 is 0 Å². The van der Waals surface area contributed by atoms with Gasteiger partial charge in [0.05, 0.1) is 10.9 Å². The molecule has 1 aliphatic carbocycles. The van der Waals surface area contributed by atoms with Crippen LogP contribution in [-0.2, 0) is 16.1 Å². The van der Waals surface area contributed by atoms with Crippen molar-refractivity contribution in [1.82, 2.24) is 10.2 Å². The van der Waals surface area contributed by atoms with Gasteiger partial charge in [-0.05, 0) is 24.5 Å². The molecule has 110 valence electrons. The molecule has 0 radical (unpaired) electrons. The Hall–Kier alpha value is -1.07. The molecule has 1 fully saturated rings. The van der Waals surface area contributed by atoms with E-state index in [1.807, 2.05) is 12.1 Å². The van der Waals surface area contributed by atoms with Gasteiger partial charge in [-0.1, -0.05) is 18.5 Å². The molecule has 4 nitrogen and oxygen atoms in total. The SMILES string of the molecule is C[C@@H]1C[C@H]1C(=O)NCCC(=O)N(C)Cc1ccc(Cl)s1. The van der Waals surface area contributed by atoms with Gasteiger partial charge in [-0.3, -0.25) is 9.59 Å². The summed E-state index contributed by atoms with van der Waals surface area (Å²) >= 11 is 7.33. The van der Waals surface area contributed by atoms with E-state index in [4.69, 9.17) is 11.6 Å². The summed E-state index contributed by atoms with van der Waals surface area (Å²) in [5.41, 5.74) is 0. The first-order valence-corrected chi connectivity index (χ1v) is 7.92. The maximum atomic E-state index is 11.9. The van der Waals surface area contributed by atoms with Crippen molar-refractivity contribution in [2.24, 2.45) is 11.8 Å². The molecule has 0 unspecified atom stereocenters. The van der Waals surface area contributed by atoms with Crippen LogP contribution in [-0.4, -0.2) is 30.3 Å². The zero-order valence-corrected chi connectivity index (χ0v) is 13.3. The van der Waals surface area contributed by atoms with Crippen molar-refractivity contribution in [2.45, 2.75) is 26.3 Å². The van der Waals surface area contributed by atoms with E-state index in [2.05, 4.69) is 12.2 Å². The van der Waals surface area contributed by atoms with Gasteiger partial charge >= 0.3 is 0 Å². The first-order valence-electron chi connectivity index (χ1n) is 6.73. The summed E-state index contributed by atoms with van der Waals surface area (Å²) in [4.78, 5) is 26.3. The Kier molecular flexibility index (Phi) is 5.05. The van der Waals surface area contributed by atoms with E-state index in [9.17, 15) is 9.59 Å². The second-order valence-electron chi connectivity index (χ2n) is 5.32. The third kappa shape index (κ3) is 4.21. The van der Waals surface area contributed by atoms with Gasteiger partial charge in [0.2, 0.25) is 11.8 Å². The number of carbonyl (C=O) groups is 2. The Labute approximate surface area is 128 Å². The first kappa shape index (κ1) is 15.3. The summed E-state index contributed by atoms with van der Waals surface area (Å²) in [5.74, 6) is 0.768. The molecule has 1 heterocycles. The molecule has 0 aliphatic heterocycles. The highest BCUT2D eigenvalue weighted by molar-refractivity contribution is 7.16. The molecule has 20 heavy (non-hydrogen) atoms. The Morgan fingerprint density at radius 3 is 2.75 bits per heavy atom. The second kappa shape index (κ2) is 6.59. The largest absolute Gasteiger partial charge is 0.355 e. The quantitative estimate of drug-likeness (QED) is 0.877. The fourth-order valence-corrected chi connectivity index (χ4v) is 3.20. The molecule has 2 atom stereocenters. The van der Waals surface area contributed by atoms with Crippen LogP contribution < -0.4 is 5.32 Å². The molecule has 2 rings (SSSR count). The predicted octanol–water partition coefficient (Wildman–Crippen LogP) is 2.52. The minimum absolute atomic E-state index is 0.0265. The molecular formula is C14H19ClN2O2S. The highest BCUT2D eigenvalue weighted by Gasteiger charge is 2.38. The van der Waals surface area contributed by atoms with Crippen LogP contribution in [0.3, 0.4) is 0 Å². The number of carbonyl (C=O) groups excluding carboxylic acids is 2. The van der Waals surface area contributed by atoms with Gasteiger partial charge in [0.25, 0.3) is 0 Å². The molecule has 0 saturated heterocycles. The number of nitrogens with zero attached hydrogens (tertiary/aromatic N) is 1. The van der Waals surface area contributed by atoms with E-state index in [-0.39, 0.29) is 17.7 Å². The highest BCUT2D eigenvalue weighted by Crippen LogP contribution is 2.37. The lowest BCUT2D eigenvalue weighted by atomic mass is 10.3. The van der Waals surface area contributed by atoms with Gasteiger partial charge in [-0.25, -0.2) is 0 Å². The van der Waals surface area contributed by atoms with E-state index in [1.54, 1.807) is 11.9 Å². The van der Waals surface area contributed by atoms with Crippen molar-refractivity contribution in [2.75, 3.05) is 13.6 Å². The van der Waals surface area contributed by atoms with Crippen LogP contribution in [0.5, 0.6) is 0 Å². The molecule has 6 heteroatoms. The number of nitrogens with one attached hydrogen (secondary N) is 1. The lowest BCUT2D eigenvalue weighted by Gasteiger charge is -2.16. The van der Waals surface area contributed by atoms with Gasteiger partial charge in [0, 0.05) is 30.8 Å². The van der Waals surface area contributed by atoms with Gasteiger partial charge in [-0.2, -0.15) is 0 Å². The van der Waals surface area contributed by atoms with Crippen LogP contribution >= 0.6 is 22.9 Å². The Morgan fingerprint density at radius 1 is 1.50 bits per heavy atom. The number of rotatable bonds is 6. The second-order valence-corrected chi connectivity index (χ2v) is 7.12. The van der Waals surface area contributed by atoms with Crippen LogP contribution in [0, 0.1) is 11.8 Å². The summed E-state index contributed by atoms with van der Waals surface area (Å²) in [7, 11) is 1.76. The number of hydrogen-bond acceptors (Lipinski definition) is 3. The summed E-state index contributed by atoms with van der Waals surface area (Å²) in [6.07, 6.45) is 1.31. The van der Waals surface area contributed by atoms with E-state index < -0.39 is 0 Å². The molecule has 0 aromatic carbocycles. The molecule has 1 aromatic rings. The average Bonchev–Trinajstić information content (AvgIpc) is 2.99. The third-order valence-corrected chi connectivity index (χ3v) is 4.75. The minimum atomic E-state index is 0.0265. The topological polar surface area (TPSA) is 49.4 Å². The Balaban J connectivity index is 1.67. The molecule has 0 spiro atoms. The summed E-state index contributed by atoms with van der Waals surface area (Å²) in [6, 6.07) is 3.75. The standard InChI is InChI=1S/C14H19ClN2O2S/c1-9-7-11(9)14(19)16-6-5-13(18)17(2)8-10-3-4-12(15)20-10/h3-4,9,11H,5-8H2,1-2H3,(H,16,19)/t9-,11-/m1/s1. The van der Waals surface area contributed by atoms with Crippen LogP contribution in [0.2, 0.25) is 4.34 Å². The lowest BCUT2D eigenvalue weighted by molar-refractivity contribution is -0.130. The molecular weight excluding hydrogens is 296 g/mol. The van der Waals surface area contributed by atoms with E-state index in [0.717, 1.165) is 15.6 Å². The lowest BCUT2D eigenvalue weighted by Crippen LogP contribution is -2.32. The number of amides is 2. The van der Waals surface area contributed by atoms with Crippen LogP contribution in [0.25, 0.3) is 0 Å². The van der Waals surface area contributed by atoms with Gasteiger partial charge in [0.15, 0.2) is 0 Å². The molecule has 0 bridgehead atoms. The maximum Gasteiger partial charge on any atom is 0.224 e. The van der Waals surface area contributed by atoms with Crippen molar-refractivity contribution < 1.29 is 9.59 Å². The Morgan fingerprint density at radius 2 is 2.20 bits per heavy atom. The number of halogens is 1. The van der Waals surface area contributed by atoms with Crippen molar-refractivity contribution in [1.29, 1.82) is 0 Å². The molecule has 1 aromatic heterocycles. The van der Waals surface area contributed by atoms with Crippen LogP contribution in [0.15, 0.2) is 12.1 Å². The average molecular weight is 315 g/mol. The van der Waals surface area contributed by atoms with Gasteiger partial charge in [0.1, 0.15) is 0 Å².